The van der Waals surface area contributed by atoms with E-state index in [1.807, 2.05) is 72.8 Å². The Morgan fingerprint density at radius 2 is 1.78 bits per heavy atom. The van der Waals surface area contributed by atoms with Crippen molar-refractivity contribution in [2.75, 3.05) is 6.61 Å². The summed E-state index contributed by atoms with van der Waals surface area (Å²) in [6, 6.07) is 19.5. The lowest BCUT2D eigenvalue weighted by Gasteiger charge is -2.07. The van der Waals surface area contributed by atoms with Crippen molar-refractivity contribution < 1.29 is 9.53 Å². The third-order valence-electron chi connectivity index (χ3n) is 3.48. The number of nitrogens with zero attached hydrogens (tertiary/aromatic N) is 1. The van der Waals surface area contributed by atoms with E-state index >= 15 is 0 Å². The van der Waals surface area contributed by atoms with Crippen molar-refractivity contribution in [1.29, 1.82) is 0 Å². The molecule has 0 radical (unpaired) electrons. The Bertz CT molecular complexity index is 854. The lowest BCUT2D eigenvalue weighted by atomic mass is 10.1. The molecule has 0 atom stereocenters. The zero-order valence-corrected chi connectivity index (χ0v) is 12.9. The van der Waals surface area contributed by atoms with Crippen molar-refractivity contribution in [2.24, 2.45) is 0 Å². The van der Waals surface area contributed by atoms with Gasteiger partial charge < -0.3 is 4.74 Å². The number of fused-ring (bicyclic) bond motifs is 1. The topological polar surface area (TPSA) is 39.2 Å². The molecule has 0 N–H and O–H groups in total. The Kier molecular flexibility index (Phi) is 4.48. The summed E-state index contributed by atoms with van der Waals surface area (Å²) in [6.07, 6.45) is 3.80. The van der Waals surface area contributed by atoms with Crippen LogP contribution in [0.2, 0.25) is 0 Å². The van der Waals surface area contributed by atoms with E-state index in [1.54, 1.807) is 6.92 Å². The number of hydrogen-bond acceptors (Lipinski definition) is 3. The highest BCUT2D eigenvalue weighted by atomic mass is 16.5. The molecule has 3 aromatic rings. The second-order valence-electron chi connectivity index (χ2n) is 5.08. The third-order valence-corrected chi connectivity index (χ3v) is 3.48. The van der Waals surface area contributed by atoms with E-state index < -0.39 is 0 Å². The molecular weight excluding hydrogens is 286 g/mol. The molecule has 0 aliphatic carbocycles. The van der Waals surface area contributed by atoms with Crippen LogP contribution < -0.4 is 0 Å². The summed E-state index contributed by atoms with van der Waals surface area (Å²) in [6.45, 7) is 2.14. The van der Waals surface area contributed by atoms with Crippen molar-refractivity contribution in [2.45, 2.75) is 6.92 Å². The van der Waals surface area contributed by atoms with E-state index in [4.69, 9.17) is 4.74 Å². The van der Waals surface area contributed by atoms with Crippen molar-refractivity contribution in [3.8, 4) is 0 Å². The van der Waals surface area contributed by atoms with Gasteiger partial charge in [0.25, 0.3) is 0 Å². The molecule has 3 heteroatoms. The van der Waals surface area contributed by atoms with Crippen LogP contribution in [0.3, 0.4) is 0 Å². The van der Waals surface area contributed by atoms with Crippen LogP contribution in [-0.2, 0) is 4.74 Å². The van der Waals surface area contributed by atoms with Gasteiger partial charge >= 0.3 is 5.97 Å². The summed E-state index contributed by atoms with van der Waals surface area (Å²) < 4.78 is 5.16. The summed E-state index contributed by atoms with van der Waals surface area (Å²) in [5.41, 5.74) is 3.01. The molecule has 0 aliphatic heterocycles. The number of aromatic nitrogens is 1. The van der Waals surface area contributed by atoms with Crippen LogP contribution in [0.5, 0.6) is 0 Å². The van der Waals surface area contributed by atoms with E-state index in [0.717, 1.165) is 16.5 Å². The lowest BCUT2D eigenvalue weighted by molar-refractivity contribution is 0.0526. The number of carbonyl (C=O) groups is 1. The minimum atomic E-state index is -0.349. The first-order valence-electron chi connectivity index (χ1n) is 7.58. The van der Waals surface area contributed by atoms with Gasteiger partial charge in [-0.25, -0.2) is 9.78 Å². The first kappa shape index (κ1) is 15.0. The maximum Gasteiger partial charge on any atom is 0.340 e. The Hall–Kier alpha value is -2.94. The number of esters is 1. The second-order valence-corrected chi connectivity index (χ2v) is 5.08. The molecule has 1 aromatic heterocycles. The molecule has 0 saturated heterocycles. The standard InChI is InChI=1S/C20H17NO2/c1-2-23-20(22)17-14-16-10-6-7-11-18(16)21-19(17)13-12-15-8-4-3-5-9-15/h3-14H,2H2,1H3. The van der Waals surface area contributed by atoms with Crippen LogP contribution in [0.4, 0.5) is 0 Å². The Balaban J connectivity index is 2.07. The molecule has 3 nitrogen and oxygen atoms in total. The molecule has 0 spiro atoms. The van der Waals surface area contributed by atoms with E-state index in [-0.39, 0.29) is 5.97 Å². The van der Waals surface area contributed by atoms with Crippen LogP contribution in [0.1, 0.15) is 28.5 Å². The van der Waals surface area contributed by atoms with Crippen molar-refractivity contribution >= 4 is 29.0 Å². The van der Waals surface area contributed by atoms with Crippen LogP contribution in [-0.4, -0.2) is 17.6 Å². The van der Waals surface area contributed by atoms with Crippen molar-refractivity contribution in [1.82, 2.24) is 4.98 Å². The predicted octanol–water partition coefficient (Wildman–Crippen LogP) is 4.58. The van der Waals surface area contributed by atoms with Gasteiger partial charge in [0, 0.05) is 5.39 Å². The smallest absolute Gasteiger partial charge is 0.340 e. The Morgan fingerprint density at radius 1 is 1.04 bits per heavy atom. The Labute approximate surface area is 135 Å². The molecule has 114 valence electrons. The zero-order valence-electron chi connectivity index (χ0n) is 12.9. The normalized spacial score (nSPS) is 11.0. The fourth-order valence-corrected chi connectivity index (χ4v) is 2.37. The minimum Gasteiger partial charge on any atom is -0.462 e. The summed E-state index contributed by atoms with van der Waals surface area (Å²) in [7, 11) is 0. The van der Waals surface area contributed by atoms with Crippen LogP contribution in [0.25, 0.3) is 23.1 Å². The van der Waals surface area contributed by atoms with E-state index in [2.05, 4.69) is 4.98 Å². The maximum atomic E-state index is 12.2. The maximum absolute atomic E-state index is 12.2. The van der Waals surface area contributed by atoms with Crippen LogP contribution in [0.15, 0.2) is 60.7 Å². The predicted molar refractivity (Wildman–Crippen MR) is 93.1 cm³/mol. The highest BCUT2D eigenvalue weighted by molar-refractivity contribution is 5.98. The quantitative estimate of drug-likeness (QED) is 0.662. The number of pyridine rings is 1. The summed E-state index contributed by atoms with van der Waals surface area (Å²) >= 11 is 0. The number of ether oxygens (including phenoxy) is 1. The van der Waals surface area contributed by atoms with Crippen LogP contribution >= 0.6 is 0 Å². The molecule has 3 rings (SSSR count). The molecular formula is C20H17NO2. The molecule has 1 heterocycles. The number of rotatable bonds is 4. The first-order chi connectivity index (χ1) is 11.3. The molecule has 0 amide bonds. The molecule has 0 saturated carbocycles. The lowest BCUT2D eigenvalue weighted by Crippen LogP contribution is -2.08. The largest absolute Gasteiger partial charge is 0.462 e. The van der Waals surface area contributed by atoms with Gasteiger partial charge in [-0.15, -0.1) is 0 Å². The van der Waals surface area contributed by atoms with E-state index in [9.17, 15) is 4.79 Å². The Morgan fingerprint density at radius 3 is 2.57 bits per heavy atom. The average Bonchev–Trinajstić information content (AvgIpc) is 2.60. The third kappa shape index (κ3) is 3.46. The van der Waals surface area contributed by atoms with E-state index in [0.29, 0.717) is 17.9 Å². The summed E-state index contributed by atoms with van der Waals surface area (Å²) in [5, 5.41) is 0.924. The summed E-state index contributed by atoms with van der Waals surface area (Å²) in [4.78, 5) is 16.8. The van der Waals surface area contributed by atoms with Crippen molar-refractivity contribution in [3.05, 3.63) is 77.5 Å². The highest BCUT2D eigenvalue weighted by Gasteiger charge is 2.13. The minimum absolute atomic E-state index is 0.341. The van der Waals surface area contributed by atoms with Gasteiger partial charge in [0.2, 0.25) is 0 Å². The van der Waals surface area contributed by atoms with Gasteiger partial charge in [-0.1, -0.05) is 54.6 Å². The first-order valence-corrected chi connectivity index (χ1v) is 7.58. The monoisotopic (exact) mass is 303 g/mol. The SMILES string of the molecule is CCOC(=O)c1cc2ccccc2nc1C=Cc1ccccc1. The number of hydrogen-bond donors (Lipinski definition) is 0. The molecule has 0 bridgehead atoms. The van der Waals surface area contributed by atoms with E-state index in [1.165, 1.54) is 0 Å². The molecule has 23 heavy (non-hydrogen) atoms. The van der Waals surface area contributed by atoms with Gasteiger partial charge in [0.05, 0.1) is 23.4 Å². The summed E-state index contributed by atoms with van der Waals surface area (Å²) in [5.74, 6) is -0.349. The second kappa shape index (κ2) is 6.88. The van der Waals surface area contributed by atoms with Crippen LogP contribution in [0, 0.1) is 0 Å². The van der Waals surface area contributed by atoms with Gasteiger partial charge in [0.15, 0.2) is 0 Å². The number of carbonyl (C=O) groups excluding carboxylic acids is 1. The number of benzene rings is 2. The van der Waals surface area contributed by atoms with Gasteiger partial charge in [-0.3, -0.25) is 0 Å². The molecule has 0 unspecified atom stereocenters. The van der Waals surface area contributed by atoms with Crippen molar-refractivity contribution in [3.63, 3.8) is 0 Å². The average molecular weight is 303 g/mol. The molecule has 2 aromatic carbocycles. The fraction of sp³-hybridized carbons (Fsp3) is 0.100. The molecule has 0 aliphatic rings. The number of para-hydroxylation sites is 1. The van der Waals surface area contributed by atoms with Gasteiger partial charge in [-0.05, 0) is 30.7 Å². The fourth-order valence-electron chi connectivity index (χ4n) is 2.37. The van der Waals surface area contributed by atoms with Gasteiger partial charge in [0.1, 0.15) is 0 Å². The highest BCUT2D eigenvalue weighted by Crippen LogP contribution is 2.19. The van der Waals surface area contributed by atoms with Gasteiger partial charge in [-0.2, -0.15) is 0 Å². The molecule has 0 fully saturated rings. The zero-order chi connectivity index (χ0) is 16.1.